The van der Waals surface area contributed by atoms with Crippen molar-refractivity contribution in [3.8, 4) is 0 Å². The second-order valence-electron chi connectivity index (χ2n) is 8.00. The third-order valence-corrected chi connectivity index (χ3v) is 6.13. The van der Waals surface area contributed by atoms with Gasteiger partial charge in [-0.2, -0.15) is 0 Å². The molecule has 8 heteroatoms. The lowest BCUT2D eigenvalue weighted by atomic mass is 9.99. The first kappa shape index (κ1) is 26.0. The third-order valence-electron chi connectivity index (χ3n) is 5.15. The van der Waals surface area contributed by atoms with Gasteiger partial charge in [-0.1, -0.05) is 19.1 Å². The molecule has 2 rings (SSSR count). The van der Waals surface area contributed by atoms with Crippen LogP contribution in [0.5, 0.6) is 0 Å². The van der Waals surface area contributed by atoms with Gasteiger partial charge in [-0.05, 0) is 56.7 Å². The first-order valence-electron chi connectivity index (χ1n) is 10.3. The molecule has 0 aromatic heterocycles. The lowest BCUT2D eigenvalue weighted by Crippen LogP contribution is -2.42. The van der Waals surface area contributed by atoms with Crippen LogP contribution < -0.4 is 15.5 Å². The molecule has 0 amide bonds. The second-order valence-corrected chi connectivity index (χ2v) is 10.3. The van der Waals surface area contributed by atoms with Gasteiger partial charge in [0, 0.05) is 37.6 Å². The number of halogens is 1. The number of rotatable bonds is 8. The van der Waals surface area contributed by atoms with Gasteiger partial charge in [0.15, 0.2) is 5.96 Å². The summed E-state index contributed by atoms with van der Waals surface area (Å²) in [6, 6.07) is 8.71. The molecule has 1 saturated heterocycles. The molecule has 0 aliphatic carbocycles. The van der Waals surface area contributed by atoms with Gasteiger partial charge < -0.3 is 15.5 Å². The molecule has 0 spiro atoms. The maximum Gasteiger partial charge on any atom is 0.191 e. The fraction of sp³-hybridized carbons (Fsp3) is 0.667. The molecule has 1 unspecified atom stereocenters. The number of anilines is 1. The topological polar surface area (TPSA) is 73.8 Å². The number of sulfone groups is 1. The highest BCUT2D eigenvalue weighted by atomic mass is 127. The summed E-state index contributed by atoms with van der Waals surface area (Å²) >= 11 is 0. The first-order valence-corrected chi connectivity index (χ1v) is 12.4. The van der Waals surface area contributed by atoms with Crippen molar-refractivity contribution in [2.24, 2.45) is 10.9 Å². The number of nitrogens with one attached hydrogen (secondary N) is 2. The van der Waals surface area contributed by atoms with E-state index in [0.717, 1.165) is 37.1 Å². The van der Waals surface area contributed by atoms with E-state index in [-0.39, 0.29) is 35.8 Å². The molecule has 29 heavy (non-hydrogen) atoms. The van der Waals surface area contributed by atoms with E-state index in [4.69, 9.17) is 0 Å². The summed E-state index contributed by atoms with van der Waals surface area (Å²) in [7, 11) is -2.94. The fourth-order valence-electron chi connectivity index (χ4n) is 3.27. The smallest absolute Gasteiger partial charge is 0.191 e. The minimum atomic E-state index is -2.94. The summed E-state index contributed by atoms with van der Waals surface area (Å²) in [5, 5.41) is 6.52. The van der Waals surface area contributed by atoms with Gasteiger partial charge in [0.2, 0.25) is 0 Å². The maximum absolute atomic E-state index is 11.3. The molecule has 1 heterocycles. The zero-order chi connectivity index (χ0) is 20.6. The van der Waals surface area contributed by atoms with Crippen LogP contribution in [0.2, 0.25) is 0 Å². The molecule has 0 radical (unpaired) electrons. The normalized spacial score (nSPS) is 16.8. The molecule has 1 aromatic rings. The van der Waals surface area contributed by atoms with Gasteiger partial charge >= 0.3 is 0 Å². The predicted molar refractivity (Wildman–Crippen MR) is 134 cm³/mol. The zero-order valence-electron chi connectivity index (χ0n) is 18.1. The van der Waals surface area contributed by atoms with Gasteiger partial charge in [-0.25, -0.2) is 13.4 Å². The standard InChI is InChI=1S/C21H36N4O2S.HI/c1-5-22-21(24-18(3)12-15-28(4,26)27)23-16-19-6-8-20(9-7-19)25-13-10-17(2)11-14-25;/h6-9,17-18H,5,10-16H2,1-4H3,(H2,22,23,24);1H. The van der Waals surface area contributed by atoms with Crippen molar-refractivity contribution < 1.29 is 8.42 Å². The molecular weight excluding hydrogens is 499 g/mol. The summed E-state index contributed by atoms with van der Waals surface area (Å²) in [6.45, 7) is 9.95. The highest BCUT2D eigenvalue weighted by molar-refractivity contribution is 14.0. The molecule has 1 aromatic carbocycles. The highest BCUT2D eigenvalue weighted by Crippen LogP contribution is 2.23. The van der Waals surface area contributed by atoms with E-state index >= 15 is 0 Å². The van der Waals surface area contributed by atoms with E-state index in [1.165, 1.54) is 24.8 Å². The molecule has 1 aliphatic rings. The van der Waals surface area contributed by atoms with Gasteiger partial charge in [0.25, 0.3) is 0 Å². The average Bonchev–Trinajstić information content (AvgIpc) is 2.65. The molecule has 0 bridgehead atoms. The van der Waals surface area contributed by atoms with Crippen molar-refractivity contribution >= 4 is 45.5 Å². The number of hydrogen-bond acceptors (Lipinski definition) is 4. The highest BCUT2D eigenvalue weighted by Gasteiger charge is 2.15. The number of benzene rings is 1. The molecule has 1 atom stereocenters. The quantitative estimate of drug-likeness (QED) is 0.303. The lowest BCUT2D eigenvalue weighted by Gasteiger charge is -2.32. The van der Waals surface area contributed by atoms with Gasteiger partial charge in [-0.15, -0.1) is 24.0 Å². The summed E-state index contributed by atoms with van der Waals surface area (Å²) in [4.78, 5) is 7.11. The maximum atomic E-state index is 11.3. The van der Waals surface area contributed by atoms with Crippen molar-refractivity contribution in [2.45, 2.75) is 52.6 Å². The van der Waals surface area contributed by atoms with Crippen molar-refractivity contribution in [3.63, 3.8) is 0 Å². The van der Waals surface area contributed by atoms with Crippen LogP contribution in [0, 0.1) is 5.92 Å². The zero-order valence-corrected chi connectivity index (χ0v) is 21.3. The molecule has 166 valence electrons. The minimum absolute atomic E-state index is 0. The average molecular weight is 537 g/mol. The third kappa shape index (κ3) is 10.0. The van der Waals surface area contributed by atoms with E-state index in [1.807, 2.05) is 13.8 Å². The van der Waals surface area contributed by atoms with Gasteiger partial charge in [0.05, 0.1) is 12.3 Å². The van der Waals surface area contributed by atoms with Crippen molar-refractivity contribution in [3.05, 3.63) is 29.8 Å². The Labute approximate surface area is 193 Å². The van der Waals surface area contributed by atoms with Gasteiger partial charge in [0.1, 0.15) is 9.84 Å². The number of guanidine groups is 1. The van der Waals surface area contributed by atoms with Crippen LogP contribution in [0.15, 0.2) is 29.3 Å². The van der Waals surface area contributed by atoms with E-state index in [2.05, 4.69) is 51.7 Å². The van der Waals surface area contributed by atoms with E-state index in [1.54, 1.807) is 0 Å². The summed E-state index contributed by atoms with van der Waals surface area (Å²) in [5.41, 5.74) is 2.45. The Balaban J connectivity index is 0.00000420. The van der Waals surface area contributed by atoms with Gasteiger partial charge in [-0.3, -0.25) is 0 Å². The van der Waals surface area contributed by atoms with E-state index in [9.17, 15) is 8.42 Å². The fourth-order valence-corrected chi connectivity index (χ4v) is 4.05. The Morgan fingerprint density at radius 3 is 2.41 bits per heavy atom. The predicted octanol–water partition coefficient (Wildman–Crippen LogP) is 3.42. The van der Waals surface area contributed by atoms with Crippen LogP contribution in [0.1, 0.15) is 45.6 Å². The Morgan fingerprint density at radius 2 is 1.86 bits per heavy atom. The Kier molecular flexibility index (Phi) is 11.3. The molecular formula is C21H37IN4O2S. The number of piperidine rings is 1. The Hall–Kier alpha value is -1.03. The largest absolute Gasteiger partial charge is 0.372 e. The molecule has 0 saturated carbocycles. The molecule has 1 aliphatic heterocycles. The number of hydrogen-bond donors (Lipinski definition) is 2. The van der Waals surface area contributed by atoms with E-state index < -0.39 is 9.84 Å². The van der Waals surface area contributed by atoms with Crippen LogP contribution in [-0.2, 0) is 16.4 Å². The number of aliphatic imine (C=N–C) groups is 1. The molecule has 2 N–H and O–H groups in total. The molecule has 1 fully saturated rings. The Bertz CT molecular complexity index is 730. The monoisotopic (exact) mass is 536 g/mol. The first-order chi connectivity index (χ1) is 13.3. The molecule has 6 nitrogen and oxygen atoms in total. The summed E-state index contributed by atoms with van der Waals surface area (Å²) < 4.78 is 22.7. The minimum Gasteiger partial charge on any atom is -0.372 e. The summed E-state index contributed by atoms with van der Waals surface area (Å²) in [5.74, 6) is 1.73. The number of nitrogens with zero attached hydrogens (tertiary/aromatic N) is 2. The summed E-state index contributed by atoms with van der Waals surface area (Å²) in [6.07, 6.45) is 4.36. The van der Waals surface area contributed by atoms with Crippen LogP contribution in [-0.4, -0.2) is 52.1 Å². The van der Waals surface area contributed by atoms with Crippen molar-refractivity contribution in [1.29, 1.82) is 0 Å². The lowest BCUT2D eigenvalue weighted by molar-refractivity contribution is 0.438. The van der Waals surface area contributed by atoms with Crippen molar-refractivity contribution in [2.75, 3.05) is 36.5 Å². The van der Waals surface area contributed by atoms with Crippen molar-refractivity contribution in [1.82, 2.24) is 10.6 Å². The SMILES string of the molecule is CCNC(=NCc1ccc(N2CCC(C)CC2)cc1)NC(C)CCS(C)(=O)=O.I. The van der Waals surface area contributed by atoms with Crippen LogP contribution in [0.4, 0.5) is 5.69 Å². The Morgan fingerprint density at radius 1 is 1.24 bits per heavy atom. The second kappa shape index (κ2) is 12.6. The van der Waals surface area contributed by atoms with Crippen LogP contribution in [0.3, 0.4) is 0 Å². The van der Waals surface area contributed by atoms with Crippen LogP contribution >= 0.6 is 24.0 Å². The van der Waals surface area contributed by atoms with Crippen LogP contribution in [0.25, 0.3) is 0 Å². The van der Waals surface area contributed by atoms with E-state index in [0.29, 0.717) is 13.0 Å².